The van der Waals surface area contributed by atoms with Gasteiger partial charge in [-0.05, 0) is 87.6 Å². The SMILES string of the molecule is CN1CCC(c2cc(OS(=O)(=O)c3ccccc3)cc3cc4n(c23)CCC4)CC1. The Morgan fingerprint density at radius 3 is 2.52 bits per heavy atom. The van der Waals surface area contributed by atoms with Crippen LogP contribution >= 0.6 is 0 Å². The van der Waals surface area contributed by atoms with Gasteiger partial charge in [0.25, 0.3) is 0 Å². The van der Waals surface area contributed by atoms with Crippen molar-refractivity contribution in [2.75, 3.05) is 20.1 Å². The first-order valence-corrected chi connectivity index (χ1v) is 11.8. The van der Waals surface area contributed by atoms with E-state index in [9.17, 15) is 8.42 Å². The van der Waals surface area contributed by atoms with E-state index in [0.29, 0.717) is 11.7 Å². The van der Waals surface area contributed by atoms with Crippen molar-refractivity contribution < 1.29 is 12.6 Å². The first-order valence-electron chi connectivity index (χ1n) is 10.4. The van der Waals surface area contributed by atoms with Crippen molar-refractivity contribution >= 4 is 21.0 Å². The molecular formula is C23H26N2O3S. The fraction of sp³-hybridized carbons (Fsp3) is 0.391. The minimum absolute atomic E-state index is 0.181. The highest BCUT2D eigenvalue weighted by atomic mass is 32.2. The summed E-state index contributed by atoms with van der Waals surface area (Å²) in [6, 6.07) is 14.4. The van der Waals surface area contributed by atoms with Gasteiger partial charge in [0.15, 0.2) is 0 Å². The molecule has 5 nitrogen and oxygen atoms in total. The lowest BCUT2D eigenvalue weighted by molar-refractivity contribution is 0.255. The summed E-state index contributed by atoms with van der Waals surface area (Å²) in [5.74, 6) is 0.843. The van der Waals surface area contributed by atoms with Crippen molar-refractivity contribution in [3.05, 3.63) is 59.8 Å². The molecule has 0 bridgehead atoms. The van der Waals surface area contributed by atoms with E-state index in [1.54, 1.807) is 30.3 Å². The van der Waals surface area contributed by atoms with Gasteiger partial charge in [-0.25, -0.2) is 0 Å². The molecular weight excluding hydrogens is 384 g/mol. The second kappa shape index (κ2) is 7.18. The van der Waals surface area contributed by atoms with Crippen molar-refractivity contribution in [3.8, 4) is 5.75 Å². The Balaban J connectivity index is 1.59. The van der Waals surface area contributed by atoms with Gasteiger partial charge in [0.2, 0.25) is 0 Å². The van der Waals surface area contributed by atoms with Crippen molar-refractivity contribution in [1.29, 1.82) is 0 Å². The maximum Gasteiger partial charge on any atom is 0.339 e. The molecule has 0 unspecified atom stereocenters. The Morgan fingerprint density at radius 1 is 1.00 bits per heavy atom. The molecule has 0 N–H and O–H groups in total. The van der Waals surface area contributed by atoms with Crippen LogP contribution in [0.2, 0.25) is 0 Å². The molecule has 29 heavy (non-hydrogen) atoms. The van der Waals surface area contributed by atoms with Crippen molar-refractivity contribution in [2.24, 2.45) is 0 Å². The zero-order chi connectivity index (χ0) is 20.0. The van der Waals surface area contributed by atoms with Gasteiger partial charge in [-0.3, -0.25) is 0 Å². The van der Waals surface area contributed by atoms with Crippen LogP contribution in [-0.4, -0.2) is 38.0 Å². The van der Waals surface area contributed by atoms with Crippen LogP contribution in [0.3, 0.4) is 0 Å². The van der Waals surface area contributed by atoms with Crippen LogP contribution in [0.25, 0.3) is 10.9 Å². The molecule has 152 valence electrons. The van der Waals surface area contributed by atoms with E-state index < -0.39 is 10.1 Å². The molecule has 1 saturated heterocycles. The van der Waals surface area contributed by atoms with Crippen molar-refractivity contribution in [2.45, 2.75) is 43.0 Å². The summed E-state index contributed by atoms with van der Waals surface area (Å²) in [6.07, 6.45) is 4.43. The second-order valence-corrected chi connectivity index (χ2v) is 9.82. The topological polar surface area (TPSA) is 51.5 Å². The lowest BCUT2D eigenvalue weighted by Gasteiger charge is -2.30. The quantitative estimate of drug-likeness (QED) is 0.606. The maximum absolute atomic E-state index is 12.8. The third-order valence-electron chi connectivity index (χ3n) is 6.29. The van der Waals surface area contributed by atoms with E-state index >= 15 is 0 Å². The zero-order valence-corrected chi connectivity index (χ0v) is 17.5. The molecule has 0 amide bonds. The van der Waals surface area contributed by atoms with Gasteiger partial charge < -0.3 is 13.7 Å². The normalized spacial score (nSPS) is 18.2. The van der Waals surface area contributed by atoms with Gasteiger partial charge in [-0.15, -0.1) is 0 Å². The first-order chi connectivity index (χ1) is 14.0. The molecule has 1 fully saturated rings. The molecule has 5 rings (SSSR count). The number of nitrogens with zero attached hydrogens (tertiary/aromatic N) is 2. The van der Waals surface area contributed by atoms with E-state index in [-0.39, 0.29) is 4.90 Å². The number of hydrogen-bond acceptors (Lipinski definition) is 4. The molecule has 0 saturated carbocycles. The second-order valence-electron chi connectivity index (χ2n) is 8.27. The van der Waals surface area contributed by atoms with Gasteiger partial charge in [-0.1, -0.05) is 18.2 Å². The monoisotopic (exact) mass is 410 g/mol. The van der Waals surface area contributed by atoms with Gasteiger partial charge in [-0.2, -0.15) is 8.42 Å². The number of rotatable bonds is 4. The molecule has 2 aliphatic rings. The molecule has 0 aliphatic carbocycles. The highest BCUT2D eigenvalue weighted by molar-refractivity contribution is 7.87. The highest BCUT2D eigenvalue weighted by Crippen LogP contribution is 2.39. The minimum Gasteiger partial charge on any atom is -0.379 e. The Morgan fingerprint density at radius 2 is 1.76 bits per heavy atom. The third kappa shape index (κ3) is 3.45. The average molecular weight is 411 g/mol. The standard InChI is InChI=1S/C23H26N2O3S/c1-24-12-9-17(10-13-24)22-16-20(28-29(26,27)21-7-3-2-4-8-21)15-18-14-19-6-5-11-25(19)23(18)22/h2-4,7-8,14-17H,5-6,9-13H2,1H3. The van der Waals surface area contributed by atoms with E-state index in [2.05, 4.69) is 22.6 Å². The Labute approximate surface area is 172 Å². The van der Waals surface area contributed by atoms with Gasteiger partial charge in [0.05, 0.1) is 5.52 Å². The van der Waals surface area contributed by atoms with Crippen LogP contribution in [0.15, 0.2) is 53.4 Å². The summed E-state index contributed by atoms with van der Waals surface area (Å²) in [7, 11) is -1.69. The van der Waals surface area contributed by atoms with Gasteiger partial charge in [0.1, 0.15) is 10.6 Å². The maximum atomic E-state index is 12.8. The van der Waals surface area contributed by atoms with Crippen LogP contribution in [0.4, 0.5) is 0 Å². The predicted molar refractivity (Wildman–Crippen MR) is 114 cm³/mol. The van der Waals surface area contributed by atoms with Crippen LogP contribution < -0.4 is 4.18 Å². The van der Waals surface area contributed by atoms with Crippen LogP contribution in [0.5, 0.6) is 5.75 Å². The summed E-state index contributed by atoms with van der Waals surface area (Å²) in [6.45, 7) is 3.17. The Hall–Kier alpha value is -2.31. The minimum atomic E-state index is -3.85. The number of aromatic nitrogens is 1. The van der Waals surface area contributed by atoms with E-state index in [0.717, 1.165) is 44.3 Å². The molecule has 0 atom stereocenters. The van der Waals surface area contributed by atoms with Crippen LogP contribution in [0, 0.1) is 0 Å². The van der Waals surface area contributed by atoms with Gasteiger partial charge in [0, 0.05) is 17.6 Å². The summed E-state index contributed by atoms with van der Waals surface area (Å²) in [5, 5.41) is 1.09. The number of likely N-dealkylation sites (tertiary alicyclic amines) is 1. The number of hydrogen-bond donors (Lipinski definition) is 0. The fourth-order valence-electron chi connectivity index (χ4n) is 4.80. The number of fused-ring (bicyclic) bond motifs is 3. The third-order valence-corrected chi connectivity index (χ3v) is 7.55. The average Bonchev–Trinajstić information content (AvgIpc) is 3.29. The predicted octanol–water partition coefficient (Wildman–Crippen LogP) is 4.16. The van der Waals surface area contributed by atoms with E-state index in [1.807, 2.05) is 12.1 Å². The summed E-state index contributed by atoms with van der Waals surface area (Å²) < 4.78 is 33.6. The summed E-state index contributed by atoms with van der Waals surface area (Å²) in [5.41, 5.74) is 3.86. The van der Waals surface area contributed by atoms with Crippen LogP contribution in [0.1, 0.15) is 36.4 Å². The summed E-state index contributed by atoms with van der Waals surface area (Å²) >= 11 is 0. The first kappa shape index (κ1) is 18.7. The number of piperidine rings is 1. The van der Waals surface area contributed by atoms with Crippen molar-refractivity contribution in [3.63, 3.8) is 0 Å². The van der Waals surface area contributed by atoms with Crippen LogP contribution in [-0.2, 0) is 23.1 Å². The smallest absolute Gasteiger partial charge is 0.339 e. The molecule has 2 aromatic carbocycles. The Bertz CT molecular complexity index is 1140. The number of aryl methyl sites for hydroxylation is 2. The Kier molecular flexibility index (Phi) is 4.63. The number of benzene rings is 2. The molecule has 0 spiro atoms. The largest absolute Gasteiger partial charge is 0.379 e. The van der Waals surface area contributed by atoms with Gasteiger partial charge >= 0.3 is 10.1 Å². The molecule has 1 aromatic heterocycles. The van der Waals surface area contributed by atoms with Crippen molar-refractivity contribution in [1.82, 2.24) is 9.47 Å². The van der Waals surface area contributed by atoms with E-state index in [1.165, 1.54) is 23.2 Å². The molecule has 3 heterocycles. The lowest BCUT2D eigenvalue weighted by atomic mass is 9.88. The lowest BCUT2D eigenvalue weighted by Crippen LogP contribution is -2.29. The molecule has 3 aromatic rings. The highest BCUT2D eigenvalue weighted by Gasteiger charge is 2.26. The molecule has 0 radical (unpaired) electrons. The molecule has 6 heteroatoms. The van der Waals surface area contributed by atoms with E-state index in [4.69, 9.17) is 4.18 Å². The molecule has 2 aliphatic heterocycles. The summed E-state index contributed by atoms with van der Waals surface area (Å²) in [4.78, 5) is 2.54. The zero-order valence-electron chi connectivity index (χ0n) is 16.7. The fourth-order valence-corrected chi connectivity index (χ4v) is 5.73.